The van der Waals surface area contributed by atoms with Crippen molar-refractivity contribution in [3.8, 4) is 0 Å². The number of aliphatic carboxylic acids is 1. The van der Waals surface area contributed by atoms with E-state index in [-0.39, 0.29) is 11.5 Å². The summed E-state index contributed by atoms with van der Waals surface area (Å²) in [4.78, 5) is 30.7. The summed E-state index contributed by atoms with van der Waals surface area (Å²) in [5.74, 6) is -2.18. The zero-order chi connectivity index (χ0) is 24.2. The normalized spacial score (nSPS) is 23.0. The van der Waals surface area contributed by atoms with Gasteiger partial charge in [0.25, 0.3) is 5.91 Å². The van der Waals surface area contributed by atoms with E-state index in [4.69, 9.17) is 14.6 Å². The molecule has 1 amide bonds. The van der Waals surface area contributed by atoms with Gasteiger partial charge in [0.2, 0.25) is 0 Å². The SMILES string of the molecule is CN(C)CC1COC2(CCCN(C(=O)c3ccc4ccccc4n3)C2)C1.O=C(O)C(F)(F)F. The lowest BCUT2D eigenvalue weighted by molar-refractivity contribution is -0.192. The Bertz CT molecular complexity index is 998. The molecule has 2 aliphatic heterocycles. The molecule has 0 saturated carbocycles. The van der Waals surface area contributed by atoms with Crippen LogP contribution in [-0.4, -0.2) is 83.9 Å². The van der Waals surface area contributed by atoms with Gasteiger partial charge in [-0.1, -0.05) is 24.3 Å². The van der Waals surface area contributed by atoms with Gasteiger partial charge in [0.05, 0.1) is 24.3 Å². The second-order valence-corrected chi connectivity index (χ2v) is 8.85. The van der Waals surface area contributed by atoms with E-state index in [1.54, 1.807) is 0 Å². The number of carbonyl (C=O) groups excluding carboxylic acids is 1. The second kappa shape index (κ2) is 10.0. The average molecular weight is 467 g/mol. The smallest absolute Gasteiger partial charge is 0.475 e. The molecule has 7 nitrogen and oxygen atoms in total. The average Bonchev–Trinajstić information content (AvgIpc) is 3.13. The molecule has 1 spiro atoms. The highest BCUT2D eigenvalue weighted by Crippen LogP contribution is 2.38. The van der Waals surface area contributed by atoms with Gasteiger partial charge in [0, 0.05) is 18.5 Å². The van der Waals surface area contributed by atoms with Crippen molar-refractivity contribution in [2.24, 2.45) is 5.92 Å². The van der Waals surface area contributed by atoms with Crippen LogP contribution in [0.1, 0.15) is 29.8 Å². The van der Waals surface area contributed by atoms with E-state index in [9.17, 15) is 18.0 Å². The van der Waals surface area contributed by atoms with E-state index in [0.29, 0.717) is 18.2 Å². The first kappa shape index (κ1) is 24.9. The van der Waals surface area contributed by atoms with Crippen LogP contribution in [0.3, 0.4) is 0 Å². The Morgan fingerprint density at radius 2 is 1.94 bits per heavy atom. The summed E-state index contributed by atoms with van der Waals surface area (Å²) in [5, 5.41) is 8.19. The van der Waals surface area contributed by atoms with Crippen molar-refractivity contribution in [2.45, 2.75) is 31.0 Å². The number of likely N-dealkylation sites (tertiary alicyclic amines) is 1. The van der Waals surface area contributed by atoms with Gasteiger partial charge in [-0.15, -0.1) is 0 Å². The molecule has 0 bridgehead atoms. The maximum atomic E-state index is 13.0. The number of hydrogen-bond donors (Lipinski definition) is 1. The summed E-state index contributed by atoms with van der Waals surface area (Å²) in [6.07, 6.45) is -2.00. The first-order valence-electron chi connectivity index (χ1n) is 10.7. The quantitative estimate of drug-likeness (QED) is 0.745. The number of para-hydroxylation sites is 1. The van der Waals surface area contributed by atoms with Crippen molar-refractivity contribution in [2.75, 3.05) is 40.3 Å². The maximum Gasteiger partial charge on any atom is 0.490 e. The largest absolute Gasteiger partial charge is 0.490 e. The van der Waals surface area contributed by atoms with Gasteiger partial charge in [-0.05, 0) is 51.4 Å². The molecule has 3 heterocycles. The number of carboxylic acids is 1. The summed E-state index contributed by atoms with van der Waals surface area (Å²) in [5.41, 5.74) is 1.24. The van der Waals surface area contributed by atoms with Gasteiger partial charge in [-0.2, -0.15) is 13.2 Å². The predicted octanol–water partition coefficient (Wildman–Crippen LogP) is 3.44. The molecule has 10 heteroatoms. The van der Waals surface area contributed by atoms with Crippen LogP contribution in [0.2, 0.25) is 0 Å². The number of fused-ring (bicyclic) bond motifs is 1. The van der Waals surface area contributed by atoms with Gasteiger partial charge in [-0.25, -0.2) is 9.78 Å². The molecule has 2 atom stereocenters. The molecule has 2 aliphatic rings. The third-order valence-electron chi connectivity index (χ3n) is 5.80. The van der Waals surface area contributed by atoms with Crippen LogP contribution in [0, 0.1) is 5.92 Å². The van der Waals surface area contributed by atoms with Crippen LogP contribution in [0.4, 0.5) is 13.2 Å². The maximum absolute atomic E-state index is 13.0. The lowest BCUT2D eigenvalue weighted by atomic mass is 9.86. The number of halogens is 3. The topological polar surface area (TPSA) is 83.0 Å². The van der Waals surface area contributed by atoms with Crippen molar-refractivity contribution >= 4 is 22.8 Å². The number of carbonyl (C=O) groups is 2. The zero-order valence-electron chi connectivity index (χ0n) is 18.6. The Kier molecular flexibility index (Phi) is 7.58. The van der Waals surface area contributed by atoms with Crippen molar-refractivity contribution in [3.63, 3.8) is 0 Å². The monoisotopic (exact) mass is 467 g/mol. The molecule has 4 rings (SSSR count). The number of nitrogens with zero attached hydrogens (tertiary/aromatic N) is 3. The summed E-state index contributed by atoms with van der Waals surface area (Å²) >= 11 is 0. The van der Waals surface area contributed by atoms with Crippen molar-refractivity contribution in [1.82, 2.24) is 14.8 Å². The molecule has 2 aromatic rings. The third kappa shape index (κ3) is 6.42. The molecule has 180 valence electrons. The van der Waals surface area contributed by atoms with Crippen LogP contribution < -0.4 is 0 Å². The van der Waals surface area contributed by atoms with E-state index in [1.165, 1.54) is 0 Å². The molecule has 0 radical (unpaired) electrons. The minimum Gasteiger partial charge on any atom is -0.475 e. The van der Waals surface area contributed by atoms with Crippen molar-refractivity contribution < 1.29 is 32.6 Å². The number of pyridine rings is 1. The van der Waals surface area contributed by atoms with Crippen molar-refractivity contribution in [3.05, 3.63) is 42.1 Å². The Labute approximate surface area is 190 Å². The Balaban J connectivity index is 0.000000383. The Morgan fingerprint density at radius 3 is 2.61 bits per heavy atom. The molecular formula is C23H28F3N3O4. The number of ether oxygens (including phenoxy) is 1. The molecule has 33 heavy (non-hydrogen) atoms. The molecule has 1 aromatic carbocycles. The first-order chi connectivity index (χ1) is 15.5. The Morgan fingerprint density at radius 1 is 1.24 bits per heavy atom. The van der Waals surface area contributed by atoms with Crippen LogP contribution in [-0.2, 0) is 9.53 Å². The van der Waals surface area contributed by atoms with E-state index in [1.807, 2.05) is 41.3 Å². The van der Waals surface area contributed by atoms with Crippen LogP contribution in [0.5, 0.6) is 0 Å². The number of alkyl halides is 3. The van der Waals surface area contributed by atoms with Crippen LogP contribution >= 0.6 is 0 Å². The van der Waals surface area contributed by atoms with E-state index >= 15 is 0 Å². The fourth-order valence-electron chi connectivity index (χ4n) is 4.48. The standard InChI is InChI=1S/C21H27N3O2.C2HF3O2/c1-23(2)13-16-12-21(26-14-16)10-5-11-24(15-21)20(25)19-9-8-17-6-3-4-7-18(17)22-19;3-2(4,5)1(6)7/h3-4,6-9,16H,5,10-15H2,1-2H3;(H,6,7). The highest BCUT2D eigenvalue weighted by molar-refractivity contribution is 5.95. The summed E-state index contributed by atoms with van der Waals surface area (Å²) in [6, 6.07) is 11.7. The predicted molar refractivity (Wildman–Crippen MR) is 116 cm³/mol. The molecular weight excluding hydrogens is 439 g/mol. The number of benzene rings is 1. The fraction of sp³-hybridized carbons (Fsp3) is 0.522. The fourth-order valence-corrected chi connectivity index (χ4v) is 4.48. The van der Waals surface area contributed by atoms with Crippen LogP contribution in [0.25, 0.3) is 10.9 Å². The van der Waals surface area contributed by atoms with E-state index < -0.39 is 12.1 Å². The number of carboxylic acid groups (broad SMARTS) is 1. The lowest BCUT2D eigenvalue weighted by Crippen LogP contribution is -2.50. The highest BCUT2D eigenvalue weighted by Gasteiger charge is 2.44. The third-order valence-corrected chi connectivity index (χ3v) is 5.80. The van der Waals surface area contributed by atoms with Gasteiger partial charge in [0.15, 0.2) is 0 Å². The number of piperidine rings is 1. The molecule has 1 aromatic heterocycles. The first-order valence-corrected chi connectivity index (χ1v) is 10.7. The summed E-state index contributed by atoms with van der Waals surface area (Å²) in [7, 11) is 4.21. The number of rotatable bonds is 3. The van der Waals surface area contributed by atoms with Gasteiger partial charge < -0.3 is 19.6 Å². The van der Waals surface area contributed by atoms with Crippen LogP contribution in [0.15, 0.2) is 36.4 Å². The van der Waals surface area contributed by atoms with E-state index in [0.717, 1.165) is 49.9 Å². The lowest BCUT2D eigenvalue weighted by Gasteiger charge is -2.39. The van der Waals surface area contributed by atoms with Gasteiger partial charge in [0.1, 0.15) is 5.69 Å². The van der Waals surface area contributed by atoms with E-state index in [2.05, 4.69) is 24.0 Å². The summed E-state index contributed by atoms with van der Waals surface area (Å²) in [6.45, 7) is 3.32. The molecule has 2 saturated heterocycles. The zero-order valence-corrected chi connectivity index (χ0v) is 18.6. The minimum atomic E-state index is -5.08. The Hall–Kier alpha value is -2.72. The number of aromatic nitrogens is 1. The minimum absolute atomic E-state index is 0.0227. The number of amides is 1. The number of hydrogen-bond acceptors (Lipinski definition) is 5. The molecule has 2 fully saturated rings. The highest BCUT2D eigenvalue weighted by atomic mass is 19.4. The molecule has 1 N–H and O–H groups in total. The van der Waals surface area contributed by atoms with Gasteiger partial charge in [-0.3, -0.25) is 4.79 Å². The molecule has 0 aliphatic carbocycles. The van der Waals surface area contributed by atoms with Crippen molar-refractivity contribution in [1.29, 1.82) is 0 Å². The second-order valence-electron chi connectivity index (χ2n) is 8.85. The van der Waals surface area contributed by atoms with Gasteiger partial charge >= 0.3 is 12.1 Å². The summed E-state index contributed by atoms with van der Waals surface area (Å²) < 4.78 is 38.0. The molecule has 2 unspecified atom stereocenters.